The summed E-state index contributed by atoms with van der Waals surface area (Å²) in [5, 5.41) is 0. The van der Waals surface area contributed by atoms with Crippen molar-refractivity contribution in [3.05, 3.63) is 244 Å². The summed E-state index contributed by atoms with van der Waals surface area (Å²) in [4.78, 5) is 5.46. The van der Waals surface area contributed by atoms with Gasteiger partial charge in [-0.15, -0.1) is 0 Å². The summed E-state index contributed by atoms with van der Waals surface area (Å²) in [6.45, 7) is 41.1. The van der Waals surface area contributed by atoms with Crippen molar-refractivity contribution in [3.8, 4) is 22.3 Å². The van der Waals surface area contributed by atoms with Crippen molar-refractivity contribution in [2.45, 2.75) is 187 Å². The van der Waals surface area contributed by atoms with Crippen LogP contribution in [0.5, 0.6) is 0 Å². The summed E-state index contributed by atoms with van der Waals surface area (Å²) in [5.41, 5.74) is 30.1. The number of rotatable bonds is 9. The molecule has 0 N–H and O–H groups in total. The molecule has 2 nitrogen and oxygen atoms in total. The highest BCUT2D eigenvalue weighted by molar-refractivity contribution is 7.00. The fourth-order valence-corrected chi connectivity index (χ4v) is 15.4. The van der Waals surface area contributed by atoms with Crippen LogP contribution < -0.4 is 26.2 Å². The Bertz CT molecular complexity index is 4110. The molecule has 0 atom stereocenters. The molecule has 0 unspecified atom stereocenters. The van der Waals surface area contributed by atoms with Crippen molar-refractivity contribution >= 4 is 57.2 Å². The largest absolute Gasteiger partial charge is 0.311 e. The third-order valence-electron chi connectivity index (χ3n) is 21.8. The van der Waals surface area contributed by atoms with Crippen molar-refractivity contribution in [1.29, 1.82) is 0 Å². The molecule has 0 aromatic heterocycles. The summed E-state index contributed by atoms with van der Waals surface area (Å²) in [5.74, 6) is 0.259. The van der Waals surface area contributed by atoms with Crippen LogP contribution >= 0.6 is 0 Å². The van der Waals surface area contributed by atoms with Crippen molar-refractivity contribution in [3.63, 3.8) is 0 Å². The average molecular weight is 1130 g/mol. The molecule has 0 spiro atoms. The summed E-state index contributed by atoms with van der Waals surface area (Å²) in [6.07, 6.45) is 4.66. The van der Waals surface area contributed by atoms with E-state index in [1.165, 1.54) is 135 Å². The molecule has 436 valence electrons. The van der Waals surface area contributed by atoms with Gasteiger partial charge in [0, 0.05) is 44.8 Å². The van der Waals surface area contributed by atoms with Crippen LogP contribution in [0.3, 0.4) is 0 Å². The van der Waals surface area contributed by atoms with E-state index in [0.717, 1.165) is 19.3 Å². The second-order valence-electron chi connectivity index (χ2n) is 31.3. The second kappa shape index (κ2) is 20.1. The van der Waals surface area contributed by atoms with Crippen LogP contribution in [0.15, 0.2) is 188 Å². The van der Waals surface area contributed by atoms with Gasteiger partial charge in [0.2, 0.25) is 0 Å². The van der Waals surface area contributed by atoms with Gasteiger partial charge >= 0.3 is 0 Å². The van der Waals surface area contributed by atoms with Crippen molar-refractivity contribution in [1.82, 2.24) is 0 Å². The molecule has 0 bridgehead atoms. The highest BCUT2D eigenvalue weighted by Crippen LogP contribution is 2.54. The molecule has 0 radical (unpaired) electrons. The van der Waals surface area contributed by atoms with Gasteiger partial charge in [0.05, 0.1) is 5.69 Å². The van der Waals surface area contributed by atoms with Crippen molar-refractivity contribution in [2.24, 2.45) is 0 Å². The van der Waals surface area contributed by atoms with Gasteiger partial charge < -0.3 is 9.80 Å². The first-order valence-corrected chi connectivity index (χ1v) is 32.3. The lowest BCUT2D eigenvalue weighted by molar-refractivity contribution is 0.332. The normalized spacial score (nSPS) is 17.1. The third kappa shape index (κ3) is 9.43. The molecule has 0 fully saturated rings. The monoisotopic (exact) mass is 1130 g/mol. The number of hydrogen-bond donors (Lipinski definition) is 0. The molecule has 86 heavy (non-hydrogen) atoms. The zero-order valence-corrected chi connectivity index (χ0v) is 54.8. The Morgan fingerprint density at radius 2 is 0.814 bits per heavy atom. The Morgan fingerprint density at radius 1 is 0.360 bits per heavy atom. The number of fused-ring (bicyclic) bond motifs is 6. The topological polar surface area (TPSA) is 6.48 Å². The van der Waals surface area contributed by atoms with Gasteiger partial charge in [0.1, 0.15) is 0 Å². The van der Waals surface area contributed by atoms with E-state index in [1.807, 2.05) is 0 Å². The van der Waals surface area contributed by atoms with Gasteiger partial charge in [0.25, 0.3) is 6.71 Å². The van der Waals surface area contributed by atoms with E-state index in [4.69, 9.17) is 0 Å². The maximum absolute atomic E-state index is 2.74. The lowest BCUT2D eigenvalue weighted by Crippen LogP contribution is -2.62. The maximum Gasteiger partial charge on any atom is 0.252 e. The molecule has 13 rings (SSSR count). The van der Waals surface area contributed by atoms with Gasteiger partial charge in [-0.05, 0) is 196 Å². The van der Waals surface area contributed by atoms with Gasteiger partial charge in [0.15, 0.2) is 0 Å². The molecule has 4 aliphatic rings. The lowest BCUT2D eigenvalue weighted by Gasteiger charge is -2.48. The molecule has 0 saturated carbocycles. The highest BCUT2D eigenvalue weighted by Gasteiger charge is 2.48. The number of benzene rings is 9. The predicted molar refractivity (Wildman–Crippen MR) is 372 cm³/mol. The van der Waals surface area contributed by atoms with E-state index in [1.54, 1.807) is 0 Å². The molecular formula is C83H91BN2. The molecule has 0 saturated heterocycles. The number of nitrogens with zero attached hydrogens (tertiary/aromatic N) is 2. The zero-order valence-electron chi connectivity index (χ0n) is 54.8. The molecule has 2 aliphatic carbocycles. The Labute approximate surface area is 517 Å². The lowest BCUT2D eigenvalue weighted by atomic mass is 9.33. The predicted octanol–water partition coefficient (Wildman–Crippen LogP) is 20.9. The second-order valence-corrected chi connectivity index (χ2v) is 31.3. The van der Waals surface area contributed by atoms with Crippen molar-refractivity contribution in [2.75, 3.05) is 9.80 Å². The first kappa shape index (κ1) is 57.7. The first-order valence-electron chi connectivity index (χ1n) is 32.3. The number of hydrogen-bond acceptors (Lipinski definition) is 2. The molecule has 2 aliphatic heterocycles. The van der Waals surface area contributed by atoms with Crippen LogP contribution in [-0.4, -0.2) is 6.71 Å². The van der Waals surface area contributed by atoms with Gasteiger partial charge in [-0.25, -0.2) is 0 Å². The standard InChI is InChI=1S/C83H91BN2/c1-53(2)57-46-74-76-75(47-57)86(71-41-37-61(82(14,15)59-24-20-18-21-25-59)48-64(71)56-30-28-54(29-31-56)55-32-34-58(35-33-55)77(3,4)5)72-49-62(83(16,17)60-26-22-19-23-27-60)36-40-69(72)84(76)70-51-67-68(81(12,13)45-44-80(67,10)11)52-73(70)85(74)63-38-39-65-66(50-63)79(8,9)43-42-78(65,6)7/h18-41,46-53H,42-45H2,1-17H3. The minimum absolute atomic E-state index is 0.0133. The van der Waals surface area contributed by atoms with Crippen LogP contribution in [0.1, 0.15) is 205 Å². The highest BCUT2D eigenvalue weighted by atomic mass is 15.2. The van der Waals surface area contributed by atoms with Crippen molar-refractivity contribution < 1.29 is 0 Å². The van der Waals surface area contributed by atoms with Crippen LogP contribution in [-0.2, 0) is 37.9 Å². The summed E-state index contributed by atoms with van der Waals surface area (Å²) < 4.78 is 0. The summed E-state index contributed by atoms with van der Waals surface area (Å²) >= 11 is 0. The maximum atomic E-state index is 2.74. The smallest absolute Gasteiger partial charge is 0.252 e. The molecule has 0 amide bonds. The van der Waals surface area contributed by atoms with Crippen LogP contribution in [0.25, 0.3) is 22.3 Å². The van der Waals surface area contributed by atoms with Crippen LogP contribution in [0.4, 0.5) is 34.1 Å². The van der Waals surface area contributed by atoms with E-state index < -0.39 is 0 Å². The minimum atomic E-state index is -0.286. The fourth-order valence-electron chi connectivity index (χ4n) is 15.4. The fraction of sp³-hybridized carbons (Fsp3) is 0.349. The Hall–Kier alpha value is -7.36. The van der Waals surface area contributed by atoms with E-state index in [0.29, 0.717) is 0 Å². The molecule has 2 heterocycles. The van der Waals surface area contributed by atoms with E-state index in [9.17, 15) is 0 Å². The van der Waals surface area contributed by atoms with E-state index >= 15 is 0 Å². The Morgan fingerprint density at radius 3 is 1.36 bits per heavy atom. The minimum Gasteiger partial charge on any atom is -0.311 e. The molecule has 9 aromatic carbocycles. The zero-order chi connectivity index (χ0) is 60.8. The van der Waals surface area contributed by atoms with Crippen LogP contribution in [0, 0.1) is 0 Å². The Balaban J connectivity index is 1.13. The van der Waals surface area contributed by atoms with Crippen LogP contribution in [0.2, 0.25) is 0 Å². The summed E-state index contributed by atoms with van der Waals surface area (Å²) in [7, 11) is 0. The molecule has 9 aromatic rings. The third-order valence-corrected chi connectivity index (χ3v) is 21.8. The van der Waals surface area contributed by atoms with E-state index in [2.05, 4.69) is 316 Å². The molecule has 3 heteroatoms. The molecular weight excluding hydrogens is 1040 g/mol. The SMILES string of the molecule is CC(C)c1cc2c3c(c1)N(c1ccc(C(C)(C)c4ccccc4)cc1-c1ccc(-c4ccc(C(C)(C)C)cc4)cc1)c1cc(C(C)(C)c4ccccc4)ccc1B3c1cc3c(cc1N2c1ccc2c(c1)C(C)(C)CCC2(C)C)C(C)(C)CCC3(C)C. The number of anilines is 6. The van der Waals surface area contributed by atoms with Gasteiger partial charge in [-0.1, -0.05) is 257 Å². The van der Waals surface area contributed by atoms with E-state index in [-0.39, 0.29) is 50.5 Å². The van der Waals surface area contributed by atoms with Gasteiger partial charge in [-0.2, -0.15) is 0 Å². The van der Waals surface area contributed by atoms with Gasteiger partial charge in [-0.3, -0.25) is 0 Å². The summed E-state index contributed by atoms with van der Waals surface area (Å²) in [6, 6.07) is 74.2. The quantitative estimate of drug-likeness (QED) is 0.133. The average Bonchev–Trinajstić information content (AvgIpc) is 0.709. The Kier molecular flexibility index (Phi) is 13.5. The first-order chi connectivity index (χ1) is 40.6.